The van der Waals surface area contributed by atoms with Crippen molar-refractivity contribution in [3.05, 3.63) is 93.6 Å². The number of nitrogens with one attached hydrogen (secondary N) is 2. The number of H-pyrrole nitrogens is 2. The Morgan fingerprint density at radius 2 is 1.82 bits per heavy atom. The molecule has 4 rings (SSSR count). The summed E-state index contributed by atoms with van der Waals surface area (Å²) in [4.78, 5) is 46.6. The molecule has 3 heterocycles. The minimum atomic E-state index is -0.878. The van der Waals surface area contributed by atoms with E-state index in [1.165, 1.54) is 4.90 Å². The van der Waals surface area contributed by atoms with Crippen molar-refractivity contribution in [3.63, 3.8) is 0 Å². The van der Waals surface area contributed by atoms with Crippen molar-refractivity contribution in [1.82, 2.24) is 9.88 Å². The largest absolute Gasteiger partial charge is 0.872 e. The average Bonchev–Trinajstić information content (AvgIpc) is 3.31. The molecule has 0 saturated carbocycles. The third-order valence-corrected chi connectivity index (χ3v) is 6.89. The topological polar surface area (TPSA) is 117 Å². The number of ketones is 1. The highest BCUT2D eigenvalue weighted by molar-refractivity contribution is 6.46. The zero-order valence-electron chi connectivity index (χ0n) is 22.6. The molecule has 0 aliphatic carbocycles. The number of likely N-dealkylation sites (tertiary alicyclic amines) is 1. The number of amides is 1. The summed E-state index contributed by atoms with van der Waals surface area (Å²) in [6, 6.07) is 10.4. The Balaban J connectivity index is 1.89. The predicted octanol–water partition coefficient (Wildman–Crippen LogP) is 3.34. The van der Waals surface area contributed by atoms with Gasteiger partial charge in [0.25, 0.3) is 5.91 Å². The van der Waals surface area contributed by atoms with Crippen LogP contribution in [0, 0.1) is 13.8 Å². The monoisotopic (exact) mass is 515 g/mol. The first-order valence-corrected chi connectivity index (χ1v) is 12.6. The van der Waals surface area contributed by atoms with Crippen molar-refractivity contribution in [1.29, 1.82) is 0 Å². The predicted molar refractivity (Wildman–Crippen MR) is 140 cm³/mol. The third-order valence-electron chi connectivity index (χ3n) is 6.89. The van der Waals surface area contributed by atoms with Crippen LogP contribution in [0.3, 0.4) is 0 Å². The van der Waals surface area contributed by atoms with Crippen LogP contribution in [0.4, 0.5) is 0 Å². The molecule has 0 spiro atoms. The number of aromatic nitrogens is 2. The molecule has 8 heteroatoms. The van der Waals surface area contributed by atoms with Crippen LogP contribution in [-0.2, 0) is 26.3 Å². The Hall–Kier alpha value is -4.20. The minimum absolute atomic E-state index is 0.0926. The van der Waals surface area contributed by atoms with Gasteiger partial charge in [-0.1, -0.05) is 50.8 Å². The fraction of sp³-hybridized carbons (Fsp3) is 0.333. The second-order valence-corrected chi connectivity index (χ2v) is 10.5. The zero-order valence-corrected chi connectivity index (χ0v) is 22.6. The van der Waals surface area contributed by atoms with E-state index in [2.05, 4.69) is 30.7 Å². The third kappa shape index (κ3) is 4.86. The van der Waals surface area contributed by atoms with Crippen LogP contribution in [0.1, 0.15) is 77.7 Å². The molecular formula is C30H33N3O5. The number of hydrogen-bond acceptors (Lipinski definition) is 5. The number of ether oxygens (including phenoxy) is 1. The van der Waals surface area contributed by atoms with Gasteiger partial charge >= 0.3 is 5.97 Å². The summed E-state index contributed by atoms with van der Waals surface area (Å²) < 4.78 is 5.11. The van der Waals surface area contributed by atoms with E-state index in [1.807, 2.05) is 36.4 Å². The number of carbonyl (C=O) groups excluding carboxylic acids is 3. The number of pyridine rings is 1. The van der Waals surface area contributed by atoms with Crippen LogP contribution < -0.4 is 10.1 Å². The molecule has 8 nitrogen and oxygen atoms in total. The second kappa shape index (κ2) is 10.3. The molecule has 1 fully saturated rings. The highest BCUT2D eigenvalue weighted by atomic mass is 16.5. The van der Waals surface area contributed by atoms with Gasteiger partial charge in [-0.15, -0.1) is 0 Å². The van der Waals surface area contributed by atoms with Gasteiger partial charge in [-0.05, 0) is 54.5 Å². The molecule has 1 aliphatic rings. The van der Waals surface area contributed by atoms with Crippen LogP contribution in [-0.4, -0.2) is 34.2 Å². The maximum absolute atomic E-state index is 14.0. The van der Waals surface area contributed by atoms with Crippen molar-refractivity contribution in [2.75, 3.05) is 6.61 Å². The second-order valence-electron chi connectivity index (χ2n) is 10.5. The van der Waals surface area contributed by atoms with Crippen LogP contribution in [0.25, 0.3) is 5.76 Å². The lowest BCUT2D eigenvalue weighted by Crippen LogP contribution is -2.29. The molecule has 1 aromatic carbocycles. The average molecular weight is 516 g/mol. The van der Waals surface area contributed by atoms with Crippen molar-refractivity contribution in [2.45, 2.75) is 59.5 Å². The Labute approximate surface area is 222 Å². The molecule has 0 radical (unpaired) electrons. The fourth-order valence-corrected chi connectivity index (χ4v) is 4.90. The molecular weight excluding hydrogens is 482 g/mol. The zero-order chi connectivity index (χ0) is 27.8. The fourth-order valence-electron chi connectivity index (χ4n) is 4.90. The number of aryl methyl sites for hydroxylation is 1. The van der Waals surface area contributed by atoms with Crippen LogP contribution in [0.5, 0.6) is 0 Å². The van der Waals surface area contributed by atoms with Crippen LogP contribution >= 0.6 is 0 Å². The number of aromatic amines is 2. The van der Waals surface area contributed by atoms with Gasteiger partial charge < -0.3 is 19.7 Å². The van der Waals surface area contributed by atoms with Gasteiger partial charge in [0, 0.05) is 22.9 Å². The van der Waals surface area contributed by atoms with Crippen molar-refractivity contribution in [2.24, 2.45) is 0 Å². The Morgan fingerprint density at radius 1 is 1.13 bits per heavy atom. The number of benzene rings is 1. The summed E-state index contributed by atoms with van der Waals surface area (Å²) in [6.45, 7) is 11.6. The molecule has 1 amide bonds. The Bertz CT molecular complexity index is 1410. The molecule has 1 aliphatic heterocycles. The van der Waals surface area contributed by atoms with E-state index in [9.17, 15) is 19.5 Å². The van der Waals surface area contributed by atoms with E-state index in [-0.39, 0.29) is 35.4 Å². The van der Waals surface area contributed by atoms with Gasteiger partial charge in [0.2, 0.25) is 5.78 Å². The van der Waals surface area contributed by atoms with Gasteiger partial charge in [-0.3, -0.25) is 9.59 Å². The minimum Gasteiger partial charge on any atom is -0.872 e. The molecule has 1 saturated heterocycles. The van der Waals surface area contributed by atoms with Crippen LogP contribution in [0.2, 0.25) is 0 Å². The lowest BCUT2D eigenvalue weighted by Gasteiger charge is -2.28. The van der Waals surface area contributed by atoms with Crippen molar-refractivity contribution >= 4 is 23.4 Å². The SMILES string of the molecule is CCOC(=O)c1[nH]c(C)c(/C([O-])=C2\C(=O)C(=O)N(Cc3ccc[nH+]c3)C2c2ccc(C(C)(C)C)cc2)c1C. The normalized spacial score (nSPS) is 17.2. The summed E-state index contributed by atoms with van der Waals surface area (Å²) in [6.07, 6.45) is 3.51. The number of Topliss-reactive ketones (excluding diaryl/α,β-unsaturated/α-hetero) is 1. The Morgan fingerprint density at radius 3 is 2.39 bits per heavy atom. The highest BCUT2D eigenvalue weighted by Crippen LogP contribution is 2.41. The standard InChI is InChI=1S/C30H33N3O5/c1-7-38-29(37)24-17(2)22(18(3)32-24)26(34)23-25(20-10-12-21(13-11-20)30(4,5)6)33(28(36)27(23)35)16-19-9-8-14-31-15-19/h8-15,25,32,34H,7,16H2,1-6H3/b26-23+. The maximum Gasteiger partial charge on any atom is 0.355 e. The first-order chi connectivity index (χ1) is 18.0. The van der Waals surface area contributed by atoms with Gasteiger partial charge in [0.05, 0.1) is 19.2 Å². The quantitative estimate of drug-likeness (QED) is 0.234. The van der Waals surface area contributed by atoms with E-state index in [1.54, 1.807) is 33.2 Å². The van der Waals surface area contributed by atoms with Gasteiger partial charge in [0.1, 0.15) is 5.69 Å². The lowest BCUT2D eigenvalue weighted by atomic mass is 9.85. The molecule has 2 N–H and O–H groups in total. The summed E-state index contributed by atoms with van der Waals surface area (Å²) in [7, 11) is 0. The summed E-state index contributed by atoms with van der Waals surface area (Å²) in [5.41, 5.74) is 3.50. The number of rotatable bonds is 6. The van der Waals surface area contributed by atoms with Crippen LogP contribution in [0.15, 0.2) is 54.4 Å². The first-order valence-electron chi connectivity index (χ1n) is 12.6. The molecule has 198 valence electrons. The van der Waals surface area contributed by atoms with E-state index in [0.717, 1.165) is 11.1 Å². The van der Waals surface area contributed by atoms with E-state index in [0.29, 0.717) is 16.8 Å². The van der Waals surface area contributed by atoms with E-state index in [4.69, 9.17) is 4.74 Å². The van der Waals surface area contributed by atoms with E-state index >= 15 is 0 Å². The summed E-state index contributed by atoms with van der Waals surface area (Å²) >= 11 is 0. The lowest BCUT2D eigenvalue weighted by molar-refractivity contribution is -0.378. The van der Waals surface area contributed by atoms with Gasteiger partial charge in [-0.25, -0.2) is 9.78 Å². The van der Waals surface area contributed by atoms with Gasteiger partial charge in [-0.2, -0.15) is 0 Å². The number of nitrogens with zero attached hydrogens (tertiary/aromatic N) is 1. The van der Waals surface area contributed by atoms with Crippen molar-refractivity contribution < 1.29 is 29.2 Å². The molecule has 2 aromatic heterocycles. The summed E-state index contributed by atoms with van der Waals surface area (Å²) in [5.74, 6) is -2.73. The number of hydrogen-bond donors (Lipinski definition) is 1. The van der Waals surface area contributed by atoms with Gasteiger partial charge in [0.15, 0.2) is 12.4 Å². The molecule has 1 atom stereocenters. The Kier molecular flexibility index (Phi) is 7.26. The smallest absolute Gasteiger partial charge is 0.355 e. The summed E-state index contributed by atoms with van der Waals surface area (Å²) in [5, 5.41) is 14.0. The first kappa shape index (κ1) is 26.9. The number of esters is 1. The molecule has 0 bridgehead atoms. The maximum atomic E-state index is 14.0. The molecule has 1 unspecified atom stereocenters. The molecule has 38 heavy (non-hydrogen) atoms. The van der Waals surface area contributed by atoms with E-state index < -0.39 is 29.5 Å². The molecule has 3 aromatic rings. The van der Waals surface area contributed by atoms with Crippen molar-refractivity contribution in [3.8, 4) is 0 Å². The number of carbonyl (C=O) groups is 3. The highest BCUT2D eigenvalue weighted by Gasteiger charge is 2.44.